The van der Waals surface area contributed by atoms with E-state index in [0.29, 0.717) is 10.9 Å². The Balaban J connectivity index is 2.18. The number of hydrogen-bond acceptors (Lipinski definition) is 3. The van der Waals surface area contributed by atoms with Gasteiger partial charge in [0.1, 0.15) is 0 Å². The Morgan fingerprint density at radius 2 is 1.94 bits per heavy atom. The second-order valence-electron chi connectivity index (χ2n) is 4.47. The summed E-state index contributed by atoms with van der Waals surface area (Å²) >= 11 is 0. The number of piperidine rings is 1. The van der Waals surface area contributed by atoms with Crippen LogP contribution in [0.1, 0.15) is 37.8 Å². The van der Waals surface area contributed by atoms with Gasteiger partial charge in [-0.25, -0.2) is 8.42 Å². The third-order valence-corrected chi connectivity index (χ3v) is 5.08. The fourth-order valence-corrected chi connectivity index (χ4v) is 3.09. The molecule has 0 radical (unpaired) electrons. The molecule has 94 valence electrons. The Labute approximate surface area is 103 Å². The Bertz CT molecular complexity index is 459. The third kappa shape index (κ3) is 2.87. The zero-order chi connectivity index (χ0) is 12.3. The second kappa shape index (κ2) is 5.19. The molecule has 1 heterocycles. The van der Waals surface area contributed by atoms with E-state index < -0.39 is 9.84 Å². The molecule has 0 aromatic heterocycles. The van der Waals surface area contributed by atoms with Gasteiger partial charge in [0.2, 0.25) is 0 Å². The van der Waals surface area contributed by atoms with E-state index in [1.807, 2.05) is 12.1 Å². The number of hydrogen-bond donors (Lipinski definition) is 1. The highest BCUT2D eigenvalue weighted by atomic mass is 32.2. The van der Waals surface area contributed by atoms with E-state index in [9.17, 15) is 8.42 Å². The van der Waals surface area contributed by atoms with E-state index in [4.69, 9.17) is 0 Å². The van der Waals surface area contributed by atoms with Gasteiger partial charge in [0.15, 0.2) is 9.84 Å². The molecule has 1 atom stereocenters. The number of benzene rings is 1. The summed E-state index contributed by atoms with van der Waals surface area (Å²) in [6.07, 6.45) is 3.62. The molecule has 0 saturated carbocycles. The van der Waals surface area contributed by atoms with Gasteiger partial charge in [-0.1, -0.05) is 25.5 Å². The maximum absolute atomic E-state index is 11.7. The van der Waals surface area contributed by atoms with E-state index >= 15 is 0 Å². The van der Waals surface area contributed by atoms with Crippen LogP contribution in [0.15, 0.2) is 29.2 Å². The SMILES string of the molecule is CCS(=O)(=O)c1ccc(C2CCCCN2)cc1. The first-order chi connectivity index (χ1) is 8.13. The van der Waals surface area contributed by atoms with E-state index in [1.165, 1.54) is 18.4 Å². The van der Waals surface area contributed by atoms with Crippen LogP contribution in [0, 0.1) is 0 Å². The smallest absolute Gasteiger partial charge is 0.178 e. The van der Waals surface area contributed by atoms with Crippen LogP contribution in [-0.2, 0) is 9.84 Å². The van der Waals surface area contributed by atoms with Gasteiger partial charge in [-0.05, 0) is 37.1 Å². The van der Waals surface area contributed by atoms with Crippen molar-refractivity contribution in [2.45, 2.75) is 37.1 Å². The predicted octanol–water partition coefficient (Wildman–Crippen LogP) is 2.29. The van der Waals surface area contributed by atoms with Gasteiger partial charge >= 0.3 is 0 Å². The summed E-state index contributed by atoms with van der Waals surface area (Å²) in [6.45, 7) is 2.73. The quantitative estimate of drug-likeness (QED) is 0.899. The van der Waals surface area contributed by atoms with Crippen molar-refractivity contribution in [2.24, 2.45) is 0 Å². The first-order valence-electron chi connectivity index (χ1n) is 6.19. The van der Waals surface area contributed by atoms with Gasteiger partial charge in [0.05, 0.1) is 10.6 Å². The Kier molecular flexibility index (Phi) is 3.84. The van der Waals surface area contributed by atoms with Crippen molar-refractivity contribution in [1.29, 1.82) is 0 Å². The van der Waals surface area contributed by atoms with Gasteiger partial charge < -0.3 is 5.32 Å². The summed E-state index contributed by atoms with van der Waals surface area (Å²) in [7, 11) is -3.07. The number of nitrogens with one attached hydrogen (secondary N) is 1. The van der Waals surface area contributed by atoms with E-state index in [0.717, 1.165) is 13.0 Å². The molecule has 1 aliphatic heterocycles. The minimum absolute atomic E-state index is 0.161. The second-order valence-corrected chi connectivity index (χ2v) is 6.75. The van der Waals surface area contributed by atoms with Crippen molar-refractivity contribution in [2.75, 3.05) is 12.3 Å². The van der Waals surface area contributed by atoms with Crippen LogP contribution in [0.25, 0.3) is 0 Å². The summed E-state index contributed by atoms with van der Waals surface area (Å²) in [5, 5.41) is 3.46. The minimum atomic E-state index is -3.07. The molecule has 1 aromatic carbocycles. The molecule has 1 aromatic rings. The summed E-state index contributed by atoms with van der Waals surface area (Å²) in [4.78, 5) is 0.430. The summed E-state index contributed by atoms with van der Waals surface area (Å²) in [6, 6.07) is 7.72. The number of sulfone groups is 1. The average molecular weight is 253 g/mol. The summed E-state index contributed by atoms with van der Waals surface area (Å²) < 4.78 is 23.3. The van der Waals surface area contributed by atoms with E-state index in [-0.39, 0.29) is 5.75 Å². The Morgan fingerprint density at radius 1 is 1.24 bits per heavy atom. The lowest BCUT2D eigenvalue weighted by atomic mass is 9.98. The molecule has 4 heteroatoms. The molecule has 0 aliphatic carbocycles. The largest absolute Gasteiger partial charge is 0.310 e. The highest BCUT2D eigenvalue weighted by Crippen LogP contribution is 2.24. The lowest BCUT2D eigenvalue weighted by Gasteiger charge is -2.23. The van der Waals surface area contributed by atoms with E-state index in [2.05, 4.69) is 5.32 Å². The van der Waals surface area contributed by atoms with Crippen molar-refractivity contribution < 1.29 is 8.42 Å². The molecule has 1 N–H and O–H groups in total. The normalized spacial score (nSPS) is 21.4. The third-order valence-electron chi connectivity index (χ3n) is 3.33. The predicted molar refractivity (Wildman–Crippen MR) is 68.8 cm³/mol. The van der Waals surface area contributed by atoms with Crippen molar-refractivity contribution in [1.82, 2.24) is 5.32 Å². The van der Waals surface area contributed by atoms with Gasteiger partial charge in [-0.2, -0.15) is 0 Å². The van der Waals surface area contributed by atoms with Crippen molar-refractivity contribution >= 4 is 9.84 Å². The summed E-state index contributed by atoms with van der Waals surface area (Å²) in [5.74, 6) is 0.161. The fourth-order valence-electron chi connectivity index (χ4n) is 2.21. The summed E-state index contributed by atoms with van der Waals surface area (Å²) in [5.41, 5.74) is 1.19. The highest BCUT2D eigenvalue weighted by Gasteiger charge is 2.16. The molecule has 3 nitrogen and oxygen atoms in total. The zero-order valence-electron chi connectivity index (χ0n) is 10.1. The lowest BCUT2D eigenvalue weighted by molar-refractivity contribution is 0.412. The molecule has 0 spiro atoms. The molecule has 1 unspecified atom stereocenters. The van der Waals surface area contributed by atoms with Gasteiger partial charge in [-0.3, -0.25) is 0 Å². The molecule has 1 aliphatic rings. The van der Waals surface area contributed by atoms with Crippen LogP contribution < -0.4 is 5.32 Å². The molecule has 17 heavy (non-hydrogen) atoms. The molecule has 2 rings (SSSR count). The molecule has 1 fully saturated rings. The number of rotatable bonds is 3. The van der Waals surface area contributed by atoms with Gasteiger partial charge in [-0.15, -0.1) is 0 Å². The molecule has 0 bridgehead atoms. The Morgan fingerprint density at radius 3 is 2.47 bits per heavy atom. The lowest BCUT2D eigenvalue weighted by Crippen LogP contribution is -2.26. The molecular weight excluding hydrogens is 234 g/mol. The van der Waals surface area contributed by atoms with Crippen LogP contribution in [0.4, 0.5) is 0 Å². The van der Waals surface area contributed by atoms with Gasteiger partial charge in [0.25, 0.3) is 0 Å². The van der Waals surface area contributed by atoms with Crippen molar-refractivity contribution in [3.05, 3.63) is 29.8 Å². The van der Waals surface area contributed by atoms with Crippen molar-refractivity contribution in [3.63, 3.8) is 0 Å². The van der Waals surface area contributed by atoms with Crippen LogP contribution >= 0.6 is 0 Å². The van der Waals surface area contributed by atoms with Crippen LogP contribution in [0.5, 0.6) is 0 Å². The zero-order valence-corrected chi connectivity index (χ0v) is 11.0. The van der Waals surface area contributed by atoms with Crippen molar-refractivity contribution in [3.8, 4) is 0 Å². The average Bonchev–Trinajstić information content (AvgIpc) is 2.40. The minimum Gasteiger partial charge on any atom is -0.310 e. The fraction of sp³-hybridized carbons (Fsp3) is 0.538. The monoisotopic (exact) mass is 253 g/mol. The maximum Gasteiger partial charge on any atom is 0.178 e. The molecular formula is C13H19NO2S. The highest BCUT2D eigenvalue weighted by molar-refractivity contribution is 7.91. The van der Waals surface area contributed by atoms with Crippen LogP contribution in [-0.4, -0.2) is 20.7 Å². The van der Waals surface area contributed by atoms with Crippen LogP contribution in [0.2, 0.25) is 0 Å². The maximum atomic E-state index is 11.7. The Hall–Kier alpha value is -0.870. The van der Waals surface area contributed by atoms with E-state index in [1.54, 1.807) is 19.1 Å². The first kappa shape index (κ1) is 12.6. The molecule has 0 amide bonds. The topological polar surface area (TPSA) is 46.2 Å². The molecule has 1 saturated heterocycles. The standard InChI is InChI=1S/C13H19NO2S/c1-2-17(15,16)12-8-6-11(7-9-12)13-5-3-4-10-14-13/h6-9,13-14H,2-5,10H2,1H3. The first-order valence-corrected chi connectivity index (χ1v) is 7.85. The van der Waals surface area contributed by atoms with Crippen LogP contribution in [0.3, 0.4) is 0 Å². The van der Waals surface area contributed by atoms with Gasteiger partial charge in [0, 0.05) is 6.04 Å².